The standard InChI is InChI=1S/C18H19F3N4O/c1-24-8-10-25(11-9-24)16-6-5-13(18(19,20)21)12-15(16)23-17(26)14-4-2-3-7-22-14/h2-7,12H,8-11H2,1H3,(H,23,26). The third kappa shape index (κ3) is 4.13. The first-order chi connectivity index (χ1) is 12.3. The lowest BCUT2D eigenvalue weighted by molar-refractivity contribution is -0.137. The van der Waals surface area contributed by atoms with Gasteiger partial charge in [0.05, 0.1) is 16.9 Å². The molecule has 0 atom stereocenters. The van der Waals surface area contributed by atoms with Gasteiger partial charge in [0, 0.05) is 32.4 Å². The second-order valence-electron chi connectivity index (χ2n) is 6.19. The molecule has 2 aromatic rings. The van der Waals surface area contributed by atoms with E-state index in [1.165, 1.54) is 18.3 Å². The number of rotatable bonds is 3. The molecular weight excluding hydrogens is 345 g/mol. The number of carbonyl (C=O) groups excluding carboxylic acids is 1. The molecule has 8 heteroatoms. The third-order valence-electron chi connectivity index (χ3n) is 4.31. The van der Waals surface area contributed by atoms with E-state index in [-0.39, 0.29) is 11.4 Å². The highest BCUT2D eigenvalue weighted by Gasteiger charge is 2.32. The number of halogens is 3. The fourth-order valence-electron chi connectivity index (χ4n) is 2.82. The second kappa shape index (κ2) is 7.33. The van der Waals surface area contributed by atoms with Gasteiger partial charge in [-0.1, -0.05) is 6.07 Å². The van der Waals surface area contributed by atoms with Crippen LogP contribution in [0.15, 0.2) is 42.6 Å². The highest BCUT2D eigenvalue weighted by molar-refractivity contribution is 6.04. The van der Waals surface area contributed by atoms with Crippen molar-refractivity contribution in [2.45, 2.75) is 6.18 Å². The number of hydrogen-bond acceptors (Lipinski definition) is 4. The monoisotopic (exact) mass is 364 g/mol. The predicted octanol–water partition coefficient (Wildman–Crippen LogP) is 3.10. The van der Waals surface area contributed by atoms with E-state index in [9.17, 15) is 18.0 Å². The minimum absolute atomic E-state index is 0.139. The molecule has 1 aliphatic heterocycles. The van der Waals surface area contributed by atoms with Gasteiger partial charge in [0.15, 0.2) is 0 Å². The maximum Gasteiger partial charge on any atom is 0.416 e. The summed E-state index contributed by atoms with van der Waals surface area (Å²) < 4.78 is 39.3. The van der Waals surface area contributed by atoms with Gasteiger partial charge in [-0.15, -0.1) is 0 Å². The zero-order valence-electron chi connectivity index (χ0n) is 14.3. The van der Waals surface area contributed by atoms with E-state index >= 15 is 0 Å². The van der Waals surface area contributed by atoms with Crippen LogP contribution in [0.5, 0.6) is 0 Å². The van der Waals surface area contributed by atoms with Crippen molar-refractivity contribution in [3.63, 3.8) is 0 Å². The Hall–Kier alpha value is -2.61. The molecule has 0 aliphatic carbocycles. The number of carbonyl (C=O) groups is 1. The molecular formula is C18H19F3N4O. The quantitative estimate of drug-likeness (QED) is 0.909. The Kier molecular flexibility index (Phi) is 5.13. The number of piperazine rings is 1. The first kappa shape index (κ1) is 18.2. The van der Waals surface area contributed by atoms with Crippen LogP contribution in [0.4, 0.5) is 24.5 Å². The Morgan fingerprint density at radius 3 is 2.46 bits per heavy atom. The number of nitrogens with zero attached hydrogens (tertiary/aromatic N) is 3. The van der Waals surface area contributed by atoms with Crippen molar-refractivity contribution < 1.29 is 18.0 Å². The van der Waals surface area contributed by atoms with Gasteiger partial charge in [-0.3, -0.25) is 9.78 Å². The minimum atomic E-state index is -4.48. The molecule has 1 aliphatic rings. The van der Waals surface area contributed by atoms with Gasteiger partial charge in [-0.25, -0.2) is 0 Å². The third-order valence-corrected chi connectivity index (χ3v) is 4.31. The van der Waals surface area contributed by atoms with Crippen LogP contribution in [0.1, 0.15) is 16.1 Å². The summed E-state index contributed by atoms with van der Waals surface area (Å²) in [5.74, 6) is -0.541. The summed E-state index contributed by atoms with van der Waals surface area (Å²) in [6.07, 6.45) is -3.02. The minimum Gasteiger partial charge on any atom is -0.367 e. The largest absolute Gasteiger partial charge is 0.416 e. The number of hydrogen-bond donors (Lipinski definition) is 1. The number of nitrogens with one attached hydrogen (secondary N) is 1. The van der Waals surface area contributed by atoms with Crippen LogP contribution >= 0.6 is 0 Å². The van der Waals surface area contributed by atoms with Crippen LogP contribution in [-0.2, 0) is 6.18 Å². The van der Waals surface area contributed by atoms with E-state index in [1.807, 2.05) is 11.9 Å². The summed E-state index contributed by atoms with van der Waals surface area (Å²) in [5.41, 5.74) is 0.0661. The van der Waals surface area contributed by atoms with Gasteiger partial charge in [0.25, 0.3) is 5.91 Å². The first-order valence-electron chi connectivity index (χ1n) is 8.22. The summed E-state index contributed by atoms with van der Waals surface area (Å²) in [6.45, 7) is 2.95. The van der Waals surface area contributed by atoms with Gasteiger partial charge in [-0.05, 0) is 37.4 Å². The SMILES string of the molecule is CN1CCN(c2ccc(C(F)(F)F)cc2NC(=O)c2ccccn2)CC1. The lowest BCUT2D eigenvalue weighted by Gasteiger charge is -2.35. The van der Waals surface area contributed by atoms with Crippen LogP contribution in [0.3, 0.4) is 0 Å². The van der Waals surface area contributed by atoms with Crippen LogP contribution in [-0.4, -0.2) is 49.0 Å². The molecule has 0 bridgehead atoms. The van der Waals surface area contributed by atoms with Crippen molar-refractivity contribution in [1.29, 1.82) is 0 Å². The number of alkyl halides is 3. The molecule has 0 unspecified atom stereocenters. The fourth-order valence-corrected chi connectivity index (χ4v) is 2.82. The zero-order chi connectivity index (χ0) is 18.7. The Morgan fingerprint density at radius 1 is 1.12 bits per heavy atom. The average molecular weight is 364 g/mol. The van der Waals surface area contributed by atoms with E-state index in [2.05, 4.69) is 15.2 Å². The molecule has 1 fully saturated rings. The highest BCUT2D eigenvalue weighted by Crippen LogP contribution is 2.36. The maximum absolute atomic E-state index is 13.1. The maximum atomic E-state index is 13.1. The smallest absolute Gasteiger partial charge is 0.367 e. The lowest BCUT2D eigenvalue weighted by atomic mass is 10.1. The van der Waals surface area contributed by atoms with Crippen LogP contribution in [0.25, 0.3) is 0 Å². The van der Waals surface area contributed by atoms with Crippen molar-refractivity contribution in [3.8, 4) is 0 Å². The molecule has 0 radical (unpaired) electrons. The summed E-state index contributed by atoms with van der Waals surface area (Å²) in [4.78, 5) is 20.5. The first-order valence-corrected chi connectivity index (χ1v) is 8.22. The van der Waals surface area contributed by atoms with Crippen LogP contribution in [0.2, 0.25) is 0 Å². The summed E-state index contributed by atoms with van der Waals surface area (Å²) in [6, 6.07) is 8.27. The molecule has 26 heavy (non-hydrogen) atoms. The molecule has 3 rings (SSSR count). The Labute approximate surface area is 149 Å². The molecule has 0 spiro atoms. The highest BCUT2D eigenvalue weighted by atomic mass is 19.4. The Balaban J connectivity index is 1.92. The van der Waals surface area contributed by atoms with Crippen LogP contribution < -0.4 is 10.2 Å². The molecule has 5 nitrogen and oxygen atoms in total. The topological polar surface area (TPSA) is 48.5 Å². The number of amides is 1. The number of anilines is 2. The van der Waals surface area contributed by atoms with Crippen molar-refractivity contribution in [1.82, 2.24) is 9.88 Å². The predicted molar refractivity (Wildman–Crippen MR) is 93.3 cm³/mol. The molecule has 1 N–H and O–H groups in total. The molecule has 1 aromatic carbocycles. The van der Waals surface area contributed by atoms with Crippen LogP contribution in [0, 0.1) is 0 Å². The van der Waals surface area contributed by atoms with Gasteiger partial charge in [0.2, 0.25) is 0 Å². The molecule has 1 saturated heterocycles. The summed E-state index contributed by atoms with van der Waals surface area (Å²) in [7, 11) is 1.99. The van der Waals surface area contributed by atoms with Gasteiger partial charge >= 0.3 is 6.18 Å². The number of likely N-dealkylation sites (N-methyl/N-ethyl adjacent to an activating group) is 1. The second-order valence-corrected chi connectivity index (χ2v) is 6.19. The van der Waals surface area contributed by atoms with Crippen molar-refractivity contribution in [3.05, 3.63) is 53.9 Å². The molecule has 0 saturated carbocycles. The van der Waals surface area contributed by atoms with Crippen molar-refractivity contribution in [2.75, 3.05) is 43.4 Å². The fraction of sp³-hybridized carbons (Fsp3) is 0.333. The Morgan fingerprint density at radius 2 is 1.85 bits per heavy atom. The Bertz CT molecular complexity index is 772. The van der Waals surface area contributed by atoms with E-state index in [0.717, 1.165) is 25.2 Å². The van der Waals surface area contributed by atoms with Gasteiger partial charge in [-0.2, -0.15) is 13.2 Å². The molecule has 1 amide bonds. The number of benzene rings is 1. The van der Waals surface area contributed by atoms with Gasteiger partial charge in [0.1, 0.15) is 5.69 Å². The normalized spacial score (nSPS) is 15.8. The zero-order valence-corrected chi connectivity index (χ0v) is 14.3. The number of aromatic nitrogens is 1. The average Bonchev–Trinajstić information content (AvgIpc) is 2.62. The van der Waals surface area contributed by atoms with Crippen molar-refractivity contribution >= 4 is 17.3 Å². The summed E-state index contributed by atoms with van der Waals surface area (Å²) >= 11 is 0. The van der Waals surface area contributed by atoms with Crippen molar-refractivity contribution in [2.24, 2.45) is 0 Å². The van der Waals surface area contributed by atoms with Gasteiger partial charge < -0.3 is 15.1 Å². The van der Waals surface area contributed by atoms with E-state index in [4.69, 9.17) is 0 Å². The van der Waals surface area contributed by atoms with E-state index in [1.54, 1.807) is 12.1 Å². The molecule has 138 valence electrons. The van der Waals surface area contributed by atoms with E-state index in [0.29, 0.717) is 18.8 Å². The molecule has 1 aromatic heterocycles. The summed E-state index contributed by atoms with van der Waals surface area (Å²) in [5, 5.41) is 2.59. The number of pyridine rings is 1. The lowest BCUT2D eigenvalue weighted by Crippen LogP contribution is -2.44. The molecule has 2 heterocycles. The van der Waals surface area contributed by atoms with E-state index < -0.39 is 17.6 Å².